The summed E-state index contributed by atoms with van der Waals surface area (Å²) in [5.74, 6) is 1.07. The maximum absolute atomic E-state index is 12.4. The van der Waals surface area contributed by atoms with Crippen LogP contribution in [-0.2, 0) is 14.1 Å². The summed E-state index contributed by atoms with van der Waals surface area (Å²) >= 11 is 0. The van der Waals surface area contributed by atoms with Crippen molar-refractivity contribution in [3.8, 4) is 0 Å². The van der Waals surface area contributed by atoms with E-state index in [-0.39, 0.29) is 23.4 Å². The normalized spacial score (nSPS) is 13.5. The molecular formula is C20H25N5O2. The minimum atomic E-state index is 0.0177. The molecule has 27 heavy (non-hydrogen) atoms. The second kappa shape index (κ2) is 7.73. The standard InChI is InChI=1S/C20H25N5O2/c1-13(11-17(26)19-21-7-9-24(19)3)15-5-6-16(23-15)14(2)12-18(27)20-22-8-10-25(20)4/h5-10,13-14,23H,11-12H2,1-4H3/t13-,14-/m1/s1. The summed E-state index contributed by atoms with van der Waals surface area (Å²) < 4.78 is 3.47. The summed E-state index contributed by atoms with van der Waals surface area (Å²) in [7, 11) is 3.63. The van der Waals surface area contributed by atoms with Crippen LogP contribution in [0.25, 0.3) is 0 Å². The number of carbonyl (C=O) groups excluding carboxylic acids is 2. The Morgan fingerprint density at radius 2 is 1.30 bits per heavy atom. The van der Waals surface area contributed by atoms with Crippen molar-refractivity contribution in [3.63, 3.8) is 0 Å². The number of aromatic amines is 1. The van der Waals surface area contributed by atoms with Crippen molar-refractivity contribution in [2.24, 2.45) is 14.1 Å². The Hall–Kier alpha value is -2.96. The average molecular weight is 367 g/mol. The van der Waals surface area contributed by atoms with Gasteiger partial charge in [-0.1, -0.05) is 13.8 Å². The van der Waals surface area contributed by atoms with Crippen LogP contribution in [0.4, 0.5) is 0 Å². The van der Waals surface area contributed by atoms with Crippen molar-refractivity contribution in [3.05, 3.63) is 60.0 Å². The van der Waals surface area contributed by atoms with Crippen LogP contribution in [0.3, 0.4) is 0 Å². The number of Topliss-reactive ketones (excluding diaryl/α,β-unsaturated/α-hetero) is 2. The lowest BCUT2D eigenvalue weighted by Gasteiger charge is -2.11. The van der Waals surface area contributed by atoms with Crippen molar-refractivity contribution >= 4 is 11.6 Å². The van der Waals surface area contributed by atoms with E-state index in [0.717, 1.165) is 11.4 Å². The molecule has 0 unspecified atom stereocenters. The van der Waals surface area contributed by atoms with Crippen LogP contribution in [-0.4, -0.2) is 35.7 Å². The maximum Gasteiger partial charge on any atom is 0.198 e. The fraction of sp³-hybridized carbons (Fsp3) is 0.400. The van der Waals surface area contributed by atoms with Crippen LogP contribution in [0.1, 0.15) is 71.2 Å². The Labute approximate surface area is 158 Å². The van der Waals surface area contributed by atoms with Gasteiger partial charge in [0.25, 0.3) is 0 Å². The summed E-state index contributed by atoms with van der Waals surface area (Å²) in [5.41, 5.74) is 1.98. The second-order valence-corrected chi connectivity index (χ2v) is 7.15. The monoisotopic (exact) mass is 367 g/mol. The first-order chi connectivity index (χ1) is 12.9. The molecule has 142 valence electrons. The fourth-order valence-corrected chi connectivity index (χ4v) is 3.23. The number of carbonyl (C=O) groups is 2. The van der Waals surface area contributed by atoms with E-state index in [4.69, 9.17) is 0 Å². The molecule has 3 heterocycles. The third-order valence-corrected chi connectivity index (χ3v) is 4.92. The number of ketones is 2. The highest BCUT2D eigenvalue weighted by molar-refractivity contribution is 5.93. The van der Waals surface area contributed by atoms with E-state index in [1.165, 1.54) is 0 Å². The molecule has 0 aliphatic carbocycles. The van der Waals surface area contributed by atoms with Gasteiger partial charge in [-0.05, 0) is 12.1 Å². The van der Waals surface area contributed by atoms with Crippen LogP contribution < -0.4 is 0 Å². The predicted molar refractivity (Wildman–Crippen MR) is 102 cm³/mol. The van der Waals surface area contributed by atoms with Gasteiger partial charge in [-0.15, -0.1) is 0 Å². The Balaban J connectivity index is 1.63. The van der Waals surface area contributed by atoms with Crippen molar-refractivity contribution in [2.45, 2.75) is 38.5 Å². The summed E-state index contributed by atoms with van der Waals surface area (Å²) in [5, 5.41) is 0. The Morgan fingerprint density at radius 1 is 0.889 bits per heavy atom. The number of hydrogen-bond acceptors (Lipinski definition) is 4. The van der Waals surface area contributed by atoms with E-state index < -0.39 is 0 Å². The summed E-state index contributed by atoms with van der Waals surface area (Å²) in [6.07, 6.45) is 7.56. The third kappa shape index (κ3) is 4.07. The number of aryl methyl sites for hydroxylation is 2. The van der Waals surface area contributed by atoms with Crippen molar-refractivity contribution in [1.82, 2.24) is 24.1 Å². The first kappa shape index (κ1) is 18.8. The highest BCUT2D eigenvalue weighted by Gasteiger charge is 2.20. The number of imidazole rings is 2. The zero-order chi connectivity index (χ0) is 19.6. The van der Waals surface area contributed by atoms with Crippen LogP contribution in [0.5, 0.6) is 0 Å². The van der Waals surface area contributed by atoms with E-state index in [1.54, 1.807) is 33.9 Å². The summed E-state index contributed by atoms with van der Waals surface area (Å²) in [6.45, 7) is 4.03. The molecular weight excluding hydrogens is 342 g/mol. The molecule has 1 N–H and O–H groups in total. The highest BCUT2D eigenvalue weighted by atomic mass is 16.1. The van der Waals surface area contributed by atoms with Crippen LogP contribution in [0, 0.1) is 0 Å². The molecule has 0 aromatic carbocycles. The Bertz CT molecular complexity index is 874. The van der Waals surface area contributed by atoms with E-state index >= 15 is 0 Å². The largest absolute Gasteiger partial charge is 0.362 e. The minimum absolute atomic E-state index is 0.0177. The summed E-state index contributed by atoms with van der Waals surface area (Å²) in [6, 6.07) is 3.99. The molecule has 0 saturated heterocycles. The van der Waals surface area contributed by atoms with Gasteiger partial charge >= 0.3 is 0 Å². The quantitative estimate of drug-likeness (QED) is 0.619. The fourth-order valence-electron chi connectivity index (χ4n) is 3.23. The van der Waals surface area contributed by atoms with Crippen molar-refractivity contribution in [1.29, 1.82) is 0 Å². The maximum atomic E-state index is 12.4. The van der Waals surface area contributed by atoms with Gasteiger partial charge in [0.2, 0.25) is 0 Å². The average Bonchev–Trinajstić information content (AvgIpc) is 3.34. The molecule has 7 heteroatoms. The zero-order valence-electron chi connectivity index (χ0n) is 16.1. The van der Waals surface area contributed by atoms with Crippen LogP contribution in [0.2, 0.25) is 0 Å². The molecule has 0 bridgehead atoms. The van der Waals surface area contributed by atoms with Crippen LogP contribution in [0.15, 0.2) is 36.9 Å². The molecule has 0 amide bonds. The molecule has 0 spiro atoms. The number of H-pyrrole nitrogens is 1. The Morgan fingerprint density at radius 3 is 1.63 bits per heavy atom. The predicted octanol–water partition coefficient (Wildman–Crippen LogP) is 3.23. The Kier molecular flexibility index (Phi) is 5.39. The van der Waals surface area contributed by atoms with E-state index in [2.05, 4.69) is 15.0 Å². The van der Waals surface area contributed by atoms with E-state index in [1.807, 2.05) is 40.1 Å². The van der Waals surface area contributed by atoms with Gasteiger partial charge in [-0.2, -0.15) is 0 Å². The molecule has 0 radical (unpaired) electrons. The minimum Gasteiger partial charge on any atom is -0.362 e. The topological polar surface area (TPSA) is 85.6 Å². The highest BCUT2D eigenvalue weighted by Crippen LogP contribution is 2.25. The first-order valence-corrected chi connectivity index (χ1v) is 9.06. The molecule has 3 rings (SSSR count). The number of nitrogens with zero attached hydrogens (tertiary/aromatic N) is 4. The van der Waals surface area contributed by atoms with Gasteiger partial charge in [0.1, 0.15) is 0 Å². The van der Waals surface area contributed by atoms with Gasteiger partial charge in [-0.25, -0.2) is 9.97 Å². The molecule has 7 nitrogen and oxygen atoms in total. The van der Waals surface area contributed by atoms with Crippen molar-refractivity contribution < 1.29 is 9.59 Å². The molecule has 0 aliphatic heterocycles. The van der Waals surface area contributed by atoms with Crippen LogP contribution >= 0.6 is 0 Å². The number of aromatic nitrogens is 5. The van der Waals surface area contributed by atoms with Gasteiger partial charge in [0.05, 0.1) is 0 Å². The number of rotatable bonds is 8. The third-order valence-electron chi connectivity index (χ3n) is 4.92. The lowest BCUT2D eigenvalue weighted by atomic mass is 10.0. The van der Waals surface area contributed by atoms with Crippen molar-refractivity contribution in [2.75, 3.05) is 0 Å². The van der Waals surface area contributed by atoms with Gasteiger partial charge < -0.3 is 14.1 Å². The van der Waals surface area contributed by atoms with E-state index in [9.17, 15) is 9.59 Å². The molecule has 3 aromatic rings. The molecule has 0 fully saturated rings. The van der Waals surface area contributed by atoms with E-state index in [0.29, 0.717) is 24.5 Å². The van der Waals surface area contributed by atoms with Gasteiger partial charge in [0, 0.05) is 74.9 Å². The number of nitrogens with one attached hydrogen (secondary N) is 1. The zero-order valence-corrected chi connectivity index (χ0v) is 16.1. The lowest BCUT2D eigenvalue weighted by molar-refractivity contribution is 0.0955. The molecule has 2 atom stereocenters. The smallest absolute Gasteiger partial charge is 0.198 e. The molecule has 3 aromatic heterocycles. The molecule has 0 aliphatic rings. The van der Waals surface area contributed by atoms with Gasteiger partial charge in [0.15, 0.2) is 23.2 Å². The number of hydrogen-bond donors (Lipinski definition) is 1. The molecule has 0 saturated carbocycles. The SMILES string of the molecule is C[C@H](CC(=O)c1nccn1C)c1ccc([C@H](C)CC(=O)c2nccn2C)[nH]1. The van der Waals surface area contributed by atoms with Gasteiger partial charge in [-0.3, -0.25) is 9.59 Å². The summed E-state index contributed by atoms with van der Waals surface area (Å²) in [4.78, 5) is 36.4. The first-order valence-electron chi connectivity index (χ1n) is 9.06. The lowest BCUT2D eigenvalue weighted by Crippen LogP contribution is -2.12. The second-order valence-electron chi connectivity index (χ2n) is 7.15.